The van der Waals surface area contributed by atoms with Gasteiger partial charge in [-0.15, -0.1) is 11.7 Å². The topological polar surface area (TPSA) is 61.9 Å². The Labute approximate surface area is 108 Å². The maximum Gasteiger partial charge on any atom is 0.294 e. The SMILES string of the molecule is C=CCN(C(=O)c1n[nH]c(C(C)C)n1)C(C)(C)C. The Balaban J connectivity index is 2.98. The highest BCUT2D eigenvalue weighted by atomic mass is 16.2. The summed E-state index contributed by atoms with van der Waals surface area (Å²) in [6.45, 7) is 14.1. The van der Waals surface area contributed by atoms with Gasteiger partial charge in [0.1, 0.15) is 5.82 Å². The van der Waals surface area contributed by atoms with Gasteiger partial charge in [-0.3, -0.25) is 9.89 Å². The molecule has 0 aliphatic rings. The highest BCUT2D eigenvalue weighted by molar-refractivity contribution is 5.91. The second-order valence-electron chi connectivity index (χ2n) is 5.57. The van der Waals surface area contributed by atoms with Crippen molar-refractivity contribution in [2.45, 2.75) is 46.1 Å². The van der Waals surface area contributed by atoms with E-state index in [2.05, 4.69) is 21.8 Å². The van der Waals surface area contributed by atoms with Crippen molar-refractivity contribution in [1.82, 2.24) is 20.1 Å². The molecule has 0 atom stereocenters. The molecule has 1 rings (SSSR count). The lowest BCUT2D eigenvalue weighted by Crippen LogP contribution is -2.46. The fraction of sp³-hybridized carbons (Fsp3) is 0.615. The highest BCUT2D eigenvalue weighted by Gasteiger charge is 2.28. The van der Waals surface area contributed by atoms with E-state index in [4.69, 9.17) is 0 Å². The quantitative estimate of drug-likeness (QED) is 0.834. The number of nitrogens with zero attached hydrogens (tertiary/aromatic N) is 3. The number of amides is 1. The van der Waals surface area contributed by atoms with E-state index in [1.165, 1.54) is 0 Å². The van der Waals surface area contributed by atoms with Crippen LogP contribution in [0.5, 0.6) is 0 Å². The van der Waals surface area contributed by atoms with Crippen molar-refractivity contribution in [3.8, 4) is 0 Å². The van der Waals surface area contributed by atoms with Crippen LogP contribution in [0.3, 0.4) is 0 Å². The van der Waals surface area contributed by atoms with Crippen LogP contribution >= 0.6 is 0 Å². The number of nitrogens with one attached hydrogen (secondary N) is 1. The number of carbonyl (C=O) groups is 1. The summed E-state index contributed by atoms with van der Waals surface area (Å²) in [6.07, 6.45) is 1.71. The molecule has 0 unspecified atom stereocenters. The molecular weight excluding hydrogens is 228 g/mol. The van der Waals surface area contributed by atoms with E-state index in [9.17, 15) is 4.79 Å². The summed E-state index contributed by atoms with van der Waals surface area (Å²) in [7, 11) is 0. The summed E-state index contributed by atoms with van der Waals surface area (Å²) in [5.74, 6) is 0.994. The summed E-state index contributed by atoms with van der Waals surface area (Å²) in [5.41, 5.74) is -0.288. The van der Waals surface area contributed by atoms with Crippen LogP contribution < -0.4 is 0 Å². The predicted octanol–water partition coefficient (Wildman–Crippen LogP) is 2.35. The van der Waals surface area contributed by atoms with Crippen molar-refractivity contribution < 1.29 is 4.79 Å². The molecule has 100 valence electrons. The largest absolute Gasteiger partial charge is 0.327 e. The van der Waals surface area contributed by atoms with Crippen molar-refractivity contribution in [1.29, 1.82) is 0 Å². The zero-order valence-corrected chi connectivity index (χ0v) is 11.8. The number of hydrogen-bond donors (Lipinski definition) is 1. The third-order valence-corrected chi connectivity index (χ3v) is 2.61. The number of carbonyl (C=O) groups excluding carboxylic acids is 1. The van der Waals surface area contributed by atoms with Crippen LogP contribution in [0, 0.1) is 0 Å². The van der Waals surface area contributed by atoms with E-state index in [0.29, 0.717) is 6.54 Å². The van der Waals surface area contributed by atoms with Gasteiger partial charge in [0.25, 0.3) is 5.91 Å². The van der Waals surface area contributed by atoms with Crippen LogP contribution in [-0.4, -0.2) is 38.1 Å². The molecule has 1 aromatic rings. The molecule has 0 saturated heterocycles. The molecule has 0 bridgehead atoms. The summed E-state index contributed by atoms with van der Waals surface area (Å²) in [5, 5.41) is 6.79. The lowest BCUT2D eigenvalue weighted by atomic mass is 10.1. The summed E-state index contributed by atoms with van der Waals surface area (Å²) in [4.78, 5) is 18.3. The van der Waals surface area contributed by atoms with Gasteiger partial charge in [-0.25, -0.2) is 4.98 Å². The zero-order chi connectivity index (χ0) is 13.9. The molecule has 0 saturated carbocycles. The average molecular weight is 250 g/mol. The monoisotopic (exact) mass is 250 g/mol. The Bertz CT molecular complexity index is 428. The second-order valence-corrected chi connectivity index (χ2v) is 5.57. The van der Waals surface area contributed by atoms with Crippen molar-refractivity contribution >= 4 is 5.91 Å². The lowest BCUT2D eigenvalue weighted by molar-refractivity contribution is 0.0604. The van der Waals surface area contributed by atoms with E-state index in [1.54, 1.807) is 11.0 Å². The average Bonchev–Trinajstić information content (AvgIpc) is 2.72. The maximum atomic E-state index is 12.4. The number of rotatable bonds is 4. The third kappa shape index (κ3) is 3.18. The van der Waals surface area contributed by atoms with E-state index >= 15 is 0 Å². The number of aromatic nitrogens is 3. The summed E-state index contributed by atoms with van der Waals surface area (Å²) >= 11 is 0. The number of aromatic amines is 1. The van der Waals surface area contributed by atoms with E-state index in [-0.39, 0.29) is 23.2 Å². The molecule has 0 aliphatic heterocycles. The minimum absolute atomic E-state index is 0.175. The van der Waals surface area contributed by atoms with Crippen molar-refractivity contribution in [3.63, 3.8) is 0 Å². The van der Waals surface area contributed by atoms with E-state index in [1.807, 2.05) is 34.6 Å². The van der Waals surface area contributed by atoms with Crippen molar-refractivity contribution in [3.05, 3.63) is 24.3 Å². The van der Waals surface area contributed by atoms with Gasteiger partial charge in [0.15, 0.2) is 0 Å². The van der Waals surface area contributed by atoms with Crippen molar-refractivity contribution in [2.24, 2.45) is 0 Å². The second kappa shape index (κ2) is 5.33. The maximum absolute atomic E-state index is 12.4. The van der Waals surface area contributed by atoms with Gasteiger partial charge in [-0.05, 0) is 20.8 Å². The van der Waals surface area contributed by atoms with Gasteiger partial charge in [0.05, 0.1) is 0 Å². The molecule has 0 radical (unpaired) electrons. The van der Waals surface area contributed by atoms with Crippen LogP contribution in [-0.2, 0) is 0 Å². The standard InChI is InChI=1S/C13H22N4O/c1-7-8-17(13(4,5)6)12(18)11-14-10(9(2)3)15-16-11/h7,9H,1,8H2,2-6H3,(H,14,15,16). The number of hydrogen-bond acceptors (Lipinski definition) is 3. The van der Waals surface area contributed by atoms with Crippen LogP contribution in [0.25, 0.3) is 0 Å². The predicted molar refractivity (Wildman–Crippen MR) is 71.5 cm³/mol. The molecule has 18 heavy (non-hydrogen) atoms. The smallest absolute Gasteiger partial charge is 0.294 e. The molecule has 0 spiro atoms. The molecular formula is C13H22N4O. The van der Waals surface area contributed by atoms with Gasteiger partial charge in [0, 0.05) is 18.0 Å². The van der Waals surface area contributed by atoms with Crippen LogP contribution in [0.15, 0.2) is 12.7 Å². The molecule has 0 aliphatic carbocycles. The molecule has 1 aromatic heterocycles. The molecule has 1 heterocycles. The Morgan fingerprint density at radius 1 is 1.50 bits per heavy atom. The zero-order valence-electron chi connectivity index (χ0n) is 11.8. The van der Waals surface area contributed by atoms with E-state index < -0.39 is 0 Å². The molecule has 1 amide bonds. The van der Waals surface area contributed by atoms with Gasteiger partial charge in [0.2, 0.25) is 5.82 Å². The fourth-order valence-electron chi connectivity index (χ4n) is 1.54. The first-order chi connectivity index (χ1) is 8.27. The normalized spacial score (nSPS) is 11.7. The van der Waals surface area contributed by atoms with Crippen LogP contribution in [0.2, 0.25) is 0 Å². The van der Waals surface area contributed by atoms with Crippen LogP contribution in [0.4, 0.5) is 0 Å². The minimum atomic E-state index is -0.288. The first-order valence-corrected chi connectivity index (χ1v) is 6.12. The summed E-state index contributed by atoms with van der Waals surface area (Å²) < 4.78 is 0. The molecule has 1 N–H and O–H groups in total. The Morgan fingerprint density at radius 3 is 2.50 bits per heavy atom. The van der Waals surface area contributed by atoms with E-state index in [0.717, 1.165) is 5.82 Å². The van der Waals surface area contributed by atoms with Gasteiger partial charge in [-0.1, -0.05) is 19.9 Å². The Morgan fingerprint density at radius 2 is 2.11 bits per heavy atom. The lowest BCUT2D eigenvalue weighted by Gasteiger charge is -2.33. The van der Waals surface area contributed by atoms with Gasteiger partial charge < -0.3 is 4.90 Å². The molecule has 5 heteroatoms. The highest BCUT2D eigenvalue weighted by Crippen LogP contribution is 2.16. The summed E-state index contributed by atoms with van der Waals surface area (Å²) in [6, 6.07) is 0. The Kier molecular flexibility index (Phi) is 4.27. The first kappa shape index (κ1) is 14.4. The minimum Gasteiger partial charge on any atom is -0.327 e. The molecule has 0 aromatic carbocycles. The first-order valence-electron chi connectivity index (χ1n) is 6.12. The third-order valence-electron chi connectivity index (χ3n) is 2.61. The van der Waals surface area contributed by atoms with Gasteiger partial charge >= 0.3 is 0 Å². The van der Waals surface area contributed by atoms with Gasteiger partial charge in [-0.2, -0.15) is 0 Å². The fourth-order valence-corrected chi connectivity index (χ4v) is 1.54. The number of H-pyrrole nitrogens is 1. The Hall–Kier alpha value is -1.65. The van der Waals surface area contributed by atoms with Crippen molar-refractivity contribution in [2.75, 3.05) is 6.54 Å². The molecule has 0 fully saturated rings. The molecule has 5 nitrogen and oxygen atoms in total. The van der Waals surface area contributed by atoms with Crippen LogP contribution in [0.1, 0.15) is 57.0 Å².